The van der Waals surface area contributed by atoms with Crippen molar-refractivity contribution in [3.63, 3.8) is 0 Å². The molecule has 0 spiro atoms. The van der Waals surface area contributed by atoms with Gasteiger partial charge in [-0.2, -0.15) is 0 Å². The lowest BCUT2D eigenvalue weighted by atomic mass is 10.2. The third-order valence-electron chi connectivity index (χ3n) is 2.56. The van der Waals surface area contributed by atoms with Crippen molar-refractivity contribution in [3.05, 3.63) is 30.5 Å². The van der Waals surface area contributed by atoms with Crippen LogP contribution in [0.2, 0.25) is 0 Å². The molecule has 1 aromatic heterocycles. The Balaban J connectivity index is 2.24. The van der Waals surface area contributed by atoms with E-state index < -0.39 is 0 Å². The van der Waals surface area contributed by atoms with Crippen LogP contribution in [-0.4, -0.2) is 16.5 Å². The maximum absolute atomic E-state index is 11.7. The Hall–Kier alpha value is -1.97. The number of amides is 1. The van der Waals surface area contributed by atoms with Gasteiger partial charge in [-0.1, -0.05) is 6.07 Å². The van der Waals surface area contributed by atoms with Crippen LogP contribution in [0.5, 0.6) is 0 Å². The number of benzene rings is 1. The largest absolute Gasteiger partial charge is 0.399 e. The molecule has 3 N–H and O–H groups in total. The molecular formula is C13H17N3O. The molecule has 1 heterocycles. The first-order valence-corrected chi connectivity index (χ1v) is 5.70. The maximum Gasteiger partial charge on any atom is 0.240 e. The molecule has 17 heavy (non-hydrogen) atoms. The number of fused-ring (bicyclic) bond motifs is 1. The van der Waals surface area contributed by atoms with Gasteiger partial charge in [0.1, 0.15) is 6.54 Å². The Labute approximate surface area is 100 Å². The van der Waals surface area contributed by atoms with Crippen molar-refractivity contribution in [2.75, 3.05) is 5.73 Å². The van der Waals surface area contributed by atoms with Gasteiger partial charge >= 0.3 is 0 Å². The molecule has 4 heteroatoms. The Morgan fingerprint density at radius 3 is 2.88 bits per heavy atom. The normalized spacial score (nSPS) is 11.0. The molecule has 0 radical (unpaired) electrons. The van der Waals surface area contributed by atoms with Gasteiger partial charge in [-0.05, 0) is 37.4 Å². The van der Waals surface area contributed by atoms with Crippen molar-refractivity contribution in [1.29, 1.82) is 0 Å². The van der Waals surface area contributed by atoms with Gasteiger partial charge in [0.15, 0.2) is 0 Å². The molecule has 0 bridgehead atoms. The van der Waals surface area contributed by atoms with E-state index in [-0.39, 0.29) is 11.9 Å². The highest BCUT2D eigenvalue weighted by molar-refractivity contribution is 5.85. The molecule has 4 nitrogen and oxygen atoms in total. The Bertz CT molecular complexity index is 543. The molecular weight excluding hydrogens is 214 g/mol. The molecule has 0 aliphatic carbocycles. The van der Waals surface area contributed by atoms with E-state index in [4.69, 9.17) is 5.73 Å². The van der Waals surface area contributed by atoms with E-state index in [9.17, 15) is 4.79 Å². The van der Waals surface area contributed by atoms with Gasteiger partial charge in [0.25, 0.3) is 0 Å². The topological polar surface area (TPSA) is 60.0 Å². The molecule has 0 unspecified atom stereocenters. The van der Waals surface area contributed by atoms with Gasteiger partial charge in [-0.15, -0.1) is 0 Å². The minimum Gasteiger partial charge on any atom is -0.399 e. The lowest BCUT2D eigenvalue weighted by molar-refractivity contribution is -0.122. The van der Waals surface area contributed by atoms with Crippen molar-refractivity contribution in [2.24, 2.45) is 0 Å². The summed E-state index contributed by atoms with van der Waals surface area (Å²) in [4.78, 5) is 11.7. The summed E-state index contributed by atoms with van der Waals surface area (Å²) < 4.78 is 1.91. The van der Waals surface area contributed by atoms with Crippen molar-refractivity contribution in [3.8, 4) is 0 Å². The third kappa shape index (κ3) is 2.58. The lowest BCUT2D eigenvalue weighted by Gasteiger charge is -2.10. The van der Waals surface area contributed by atoms with Crippen LogP contribution in [0.3, 0.4) is 0 Å². The van der Waals surface area contributed by atoms with E-state index in [2.05, 4.69) is 5.32 Å². The number of anilines is 1. The van der Waals surface area contributed by atoms with E-state index in [1.165, 1.54) is 0 Å². The predicted molar refractivity (Wildman–Crippen MR) is 69.6 cm³/mol. The summed E-state index contributed by atoms with van der Waals surface area (Å²) in [6.07, 6.45) is 1.91. The SMILES string of the molecule is CC(C)NC(=O)Cn1ccc2ccc(N)cc21. The Kier molecular flexibility index (Phi) is 3.04. The van der Waals surface area contributed by atoms with Crippen LogP contribution in [0, 0.1) is 0 Å². The molecule has 0 fully saturated rings. The number of rotatable bonds is 3. The van der Waals surface area contributed by atoms with Crippen LogP contribution < -0.4 is 11.1 Å². The minimum atomic E-state index is 0.0138. The summed E-state index contributed by atoms with van der Waals surface area (Å²) in [5.74, 6) is 0.0138. The summed E-state index contributed by atoms with van der Waals surface area (Å²) in [7, 11) is 0. The maximum atomic E-state index is 11.7. The molecule has 0 saturated heterocycles. The average Bonchev–Trinajstić information content (AvgIpc) is 2.60. The second kappa shape index (κ2) is 4.49. The quantitative estimate of drug-likeness (QED) is 0.790. The molecule has 2 aromatic rings. The smallest absolute Gasteiger partial charge is 0.240 e. The van der Waals surface area contributed by atoms with Gasteiger partial charge in [0.05, 0.1) is 5.52 Å². The standard InChI is InChI=1S/C13H17N3O/c1-9(2)15-13(17)8-16-6-5-10-3-4-11(14)7-12(10)16/h3-7,9H,8,14H2,1-2H3,(H,15,17). The van der Waals surface area contributed by atoms with Gasteiger partial charge in [0.2, 0.25) is 5.91 Å². The van der Waals surface area contributed by atoms with E-state index in [0.717, 1.165) is 10.9 Å². The molecule has 1 amide bonds. The number of nitrogens with two attached hydrogens (primary N) is 1. The highest BCUT2D eigenvalue weighted by Gasteiger charge is 2.07. The summed E-state index contributed by atoms with van der Waals surface area (Å²) >= 11 is 0. The number of nitrogens with zero attached hydrogens (tertiary/aromatic N) is 1. The molecule has 2 rings (SSSR count). The van der Waals surface area contributed by atoms with Crippen molar-refractivity contribution >= 4 is 22.5 Å². The lowest BCUT2D eigenvalue weighted by Crippen LogP contribution is -2.32. The Morgan fingerprint density at radius 1 is 1.41 bits per heavy atom. The third-order valence-corrected chi connectivity index (χ3v) is 2.56. The second-order valence-electron chi connectivity index (χ2n) is 4.48. The van der Waals surface area contributed by atoms with E-state index in [0.29, 0.717) is 12.2 Å². The first-order valence-electron chi connectivity index (χ1n) is 5.70. The molecule has 0 saturated carbocycles. The monoisotopic (exact) mass is 231 g/mol. The zero-order valence-electron chi connectivity index (χ0n) is 10.1. The van der Waals surface area contributed by atoms with E-state index >= 15 is 0 Å². The van der Waals surface area contributed by atoms with Crippen LogP contribution in [0.4, 0.5) is 5.69 Å². The van der Waals surface area contributed by atoms with Crippen LogP contribution in [0.25, 0.3) is 10.9 Å². The van der Waals surface area contributed by atoms with Crippen LogP contribution in [0.15, 0.2) is 30.5 Å². The Morgan fingerprint density at radius 2 is 2.18 bits per heavy atom. The number of nitrogens with one attached hydrogen (secondary N) is 1. The zero-order chi connectivity index (χ0) is 12.4. The highest BCUT2D eigenvalue weighted by atomic mass is 16.2. The molecule has 0 aliphatic heterocycles. The molecule has 0 aliphatic rings. The number of carbonyl (C=O) groups excluding carboxylic acids is 1. The fourth-order valence-electron chi connectivity index (χ4n) is 1.86. The zero-order valence-corrected chi connectivity index (χ0v) is 10.1. The van der Waals surface area contributed by atoms with Crippen molar-refractivity contribution < 1.29 is 4.79 Å². The molecule has 0 atom stereocenters. The number of hydrogen-bond acceptors (Lipinski definition) is 2. The average molecular weight is 231 g/mol. The molecule has 90 valence electrons. The first-order chi connectivity index (χ1) is 8.06. The van der Waals surface area contributed by atoms with E-state index in [1.54, 1.807) is 0 Å². The predicted octanol–water partition coefficient (Wildman–Crippen LogP) is 1.75. The van der Waals surface area contributed by atoms with Crippen molar-refractivity contribution in [1.82, 2.24) is 9.88 Å². The summed E-state index contributed by atoms with van der Waals surface area (Å²) in [5.41, 5.74) is 7.45. The van der Waals surface area contributed by atoms with Crippen LogP contribution >= 0.6 is 0 Å². The summed E-state index contributed by atoms with van der Waals surface area (Å²) in [5, 5.41) is 3.96. The molecule has 1 aromatic carbocycles. The fraction of sp³-hybridized carbons (Fsp3) is 0.308. The second-order valence-corrected chi connectivity index (χ2v) is 4.48. The van der Waals surface area contributed by atoms with Gasteiger partial charge < -0.3 is 15.6 Å². The van der Waals surface area contributed by atoms with Gasteiger partial charge in [0, 0.05) is 17.9 Å². The van der Waals surface area contributed by atoms with Crippen molar-refractivity contribution in [2.45, 2.75) is 26.4 Å². The van der Waals surface area contributed by atoms with Gasteiger partial charge in [-0.25, -0.2) is 0 Å². The minimum absolute atomic E-state index is 0.0138. The number of carbonyl (C=O) groups is 1. The summed E-state index contributed by atoms with van der Waals surface area (Å²) in [6.45, 7) is 4.22. The van der Waals surface area contributed by atoms with Gasteiger partial charge in [-0.3, -0.25) is 4.79 Å². The number of hydrogen-bond donors (Lipinski definition) is 2. The van der Waals surface area contributed by atoms with E-state index in [1.807, 2.05) is 48.9 Å². The van der Waals surface area contributed by atoms with Crippen LogP contribution in [-0.2, 0) is 11.3 Å². The number of nitrogen functional groups attached to an aromatic ring is 1. The number of aromatic nitrogens is 1. The fourth-order valence-corrected chi connectivity index (χ4v) is 1.86. The summed E-state index contributed by atoms with van der Waals surface area (Å²) in [6, 6.07) is 7.85. The highest BCUT2D eigenvalue weighted by Crippen LogP contribution is 2.18. The van der Waals surface area contributed by atoms with Crippen LogP contribution in [0.1, 0.15) is 13.8 Å². The first kappa shape index (κ1) is 11.5.